The molecule has 30 heavy (non-hydrogen) atoms. The SMILES string of the molecule is c1cc(-c2ccc(CN3CCN(C4CCC4)CC3)nc2)ccc1CCN1CCCC1. The van der Waals surface area contributed by atoms with Crippen LogP contribution in [-0.2, 0) is 13.0 Å². The first-order valence-corrected chi connectivity index (χ1v) is 12.1. The topological polar surface area (TPSA) is 22.6 Å². The summed E-state index contributed by atoms with van der Waals surface area (Å²) in [4.78, 5) is 12.6. The standard InChI is InChI=1S/C26H36N4/c1-2-14-28(13-1)15-12-22-6-8-23(9-7-22)24-10-11-25(27-20-24)21-29-16-18-30(19-17-29)26-4-3-5-26/h6-11,20,26H,1-5,12-19,21H2. The molecule has 0 N–H and O–H groups in total. The van der Waals surface area contributed by atoms with E-state index in [2.05, 4.69) is 57.3 Å². The van der Waals surface area contributed by atoms with Gasteiger partial charge in [0.05, 0.1) is 5.69 Å². The molecule has 2 aliphatic heterocycles. The quantitative estimate of drug-likeness (QED) is 0.694. The van der Waals surface area contributed by atoms with Gasteiger partial charge in [-0.1, -0.05) is 36.8 Å². The molecule has 0 spiro atoms. The molecule has 0 radical (unpaired) electrons. The lowest BCUT2D eigenvalue weighted by Gasteiger charge is -2.42. The number of aromatic nitrogens is 1. The third-order valence-electron chi connectivity index (χ3n) is 7.41. The lowest BCUT2D eigenvalue weighted by atomic mass is 9.91. The molecule has 0 amide bonds. The maximum Gasteiger partial charge on any atom is 0.0544 e. The van der Waals surface area contributed by atoms with Gasteiger partial charge in [0.1, 0.15) is 0 Å². The predicted octanol–water partition coefficient (Wildman–Crippen LogP) is 4.06. The Balaban J connectivity index is 1.11. The van der Waals surface area contributed by atoms with E-state index in [1.807, 2.05) is 0 Å². The Labute approximate surface area is 181 Å². The molecule has 1 aromatic heterocycles. The Kier molecular flexibility index (Phi) is 6.45. The summed E-state index contributed by atoms with van der Waals surface area (Å²) in [6, 6.07) is 14.4. The maximum absolute atomic E-state index is 4.78. The van der Waals surface area contributed by atoms with Gasteiger partial charge >= 0.3 is 0 Å². The fourth-order valence-corrected chi connectivity index (χ4v) is 5.11. The molecule has 1 saturated carbocycles. The molecule has 1 aromatic carbocycles. The van der Waals surface area contributed by atoms with Crippen LogP contribution in [0.4, 0.5) is 0 Å². The van der Waals surface area contributed by atoms with Crippen LogP contribution in [0.25, 0.3) is 11.1 Å². The molecule has 2 aromatic rings. The highest BCUT2D eigenvalue weighted by molar-refractivity contribution is 5.62. The highest BCUT2D eigenvalue weighted by Gasteiger charge is 2.27. The maximum atomic E-state index is 4.78. The molecule has 3 heterocycles. The summed E-state index contributed by atoms with van der Waals surface area (Å²) in [7, 11) is 0. The van der Waals surface area contributed by atoms with Crippen LogP contribution >= 0.6 is 0 Å². The average molecular weight is 405 g/mol. The van der Waals surface area contributed by atoms with Gasteiger partial charge in [-0.3, -0.25) is 14.8 Å². The molecule has 2 saturated heterocycles. The molecule has 0 unspecified atom stereocenters. The summed E-state index contributed by atoms with van der Waals surface area (Å²) in [5, 5.41) is 0. The van der Waals surface area contributed by atoms with Crippen molar-refractivity contribution in [1.82, 2.24) is 19.7 Å². The van der Waals surface area contributed by atoms with Crippen LogP contribution < -0.4 is 0 Å². The van der Waals surface area contributed by atoms with E-state index in [-0.39, 0.29) is 0 Å². The molecule has 160 valence electrons. The highest BCUT2D eigenvalue weighted by Crippen LogP contribution is 2.26. The monoisotopic (exact) mass is 404 g/mol. The molecular formula is C26H36N4. The van der Waals surface area contributed by atoms with Crippen LogP contribution in [0.2, 0.25) is 0 Å². The molecule has 1 aliphatic carbocycles. The second-order valence-electron chi connectivity index (χ2n) is 9.43. The van der Waals surface area contributed by atoms with Gasteiger partial charge in [-0.2, -0.15) is 0 Å². The third kappa shape index (κ3) is 4.93. The summed E-state index contributed by atoms with van der Waals surface area (Å²) in [5.41, 5.74) is 5.13. The van der Waals surface area contributed by atoms with Crippen LogP contribution in [0.3, 0.4) is 0 Å². The second-order valence-corrected chi connectivity index (χ2v) is 9.43. The molecule has 4 heteroatoms. The van der Waals surface area contributed by atoms with E-state index in [9.17, 15) is 0 Å². The Hall–Kier alpha value is -1.75. The van der Waals surface area contributed by atoms with Gasteiger partial charge in [0.15, 0.2) is 0 Å². The van der Waals surface area contributed by atoms with Crippen molar-refractivity contribution in [3.05, 3.63) is 53.9 Å². The zero-order valence-electron chi connectivity index (χ0n) is 18.3. The number of hydrogen-bond donors (Lipinski definition) is 0. The largest absolute Gasteiger partial charge is 0.303 e. The summed E-state index contributed by atoms with van der Waals surface area (Å²) in [6.45, 7) is 9.56. The van der Waals surface area contributed by atoms with Crippen molar-refractivity contribution in [2.45, 2.75) is 51.1 Å². The lowest BCUT2D eigenvalue weighted by Crippen LogP contribution is -2.51. The summed E-state index contributed by atoms with van der Waals surface area (Å²) in [6.07, 6.45) is 10.2. The van der Waals surface area contributed by atoms with E-state index >= 15 is 0 Å². The van der Waals surface area contributed by atoms with Crippen LogP contribution in [-0.4, -0.2) is 71.5 Å². The first kappa shape index (κ1) is 20.2. The molecule has 4 nitrogen and oxygen atoms in total. The van der Waals surface area contributed by atoms with Crippen molar-refractivity contribution in [3.8, 4) is 11.1 Å². The minimum absolute atomic E-state index is 0.885. The number of rotatable bonds is 7. The number of pyridine rings is 1. The van der Waals surface area contributed by atoms with Crippen molar-refractivity contribution < 1.29 is 0 Å². The Morgan fingerprint density at radius 1 is 0.733 bits per heavy atom. The summed E-state index contributed by atoms with van der Waals surface area (Å²) in [5.74, 6) is 0. The van der Waals surface area contributed by atoms with E-state index in [0.717, 1.165) is 19.0 Å². The minimum Gasteiger partial charge on any atom is -0.303 e. The van der Waals surface area contributed by atoms with Crippen molar-refractivity contribution >= 4 is 0 Å². The number of piperazine rings is 1. The lowest BCUT2D eigenvalue weighted by molar-refractivity contribution is 0.0583. The van der Waals surface area contributed by atoms with Crippen molar-refractivity contribution in [2.75, 3.05) is 45.8 Å². The predicted molar refractivity (Wildman–Crippen MR) is 124 cm³/mol. The van der Waals surface area contributed by atoms with Crippen molar-refractivity contribution in [1.29, 1.82) is 0 Å². The summed E-state index contributed by atoms with van der Waals surface area (Å²) < 4.78 is 0. The number of nitrogens with zero attached hydrogens (tertiary/aromatic N) is 4. The molecule has 5 rings (SSSR count). The van der Waals surface area contributed by atoms with Crippen LogP contribution in [0.5, 0.6) is 0 Å². The van der Waals surface area contributed by atoms with Gasteiger partial charge in [0, 0.05) is 57.1 Å². The first-order valence-electron chi connectivity index (χ1n) is 12.1. The van der Waals surface area contributed by atoms with Gasteiger partial charge in [0.2, 0.25) is 0 Å². The smallest absolute Gasteiger partial charge is 0.0544 e. The fraction of sp³-hybridized carbons (Fsp3) is 0.577. The van der Waals surface area contributed by atoms with Crippen LogP contribution in [0, 0.1) is 0 Å². The van der Waals surface area contributed by atoms with Gasteiger partial charge in [0.25, 0.3) is 0 Å². The van der Waals surface area contributed by atoms with E-state index in [1.165, 1.54) is 100 Å². The molecule has 0 atom stereocenters. The number of benzene rings is 1. The number of hydrogen-bond acceptors (Lipinski definition) is 4. The van der Waals surface area contributed by atoms with Crippen molar-refractivity contribution in [2.24, 2.45) is 0 Å². The van der Waals surface area contributed by atoms with Gasteiger partial charge in [-0.25, -0.2) is 0 Å². The molecular weight excluding hydrogens is 368 g/mol. The average Bonchev–Trinajstić information content (AvgIpc) is 3.27. The van der Waals surface area contributed by atoms with E-state index in [4.69, 9.17) is 4.98 Å². The zero-order chi connectivity index (χ0) is 20.2. The van der Waals surface area contributed by atoms with E-state index in [1.54, 1.807) is 0 Å². The Morgan fingerprint density at radius 2 is 1.47 bits per heavy atom. The third-order valence-corrected chi connectivity index (χ3v) is 7.41. The van der Waals surface area contributed by atoms with Crippen LogP contribution in [0.1, 0.15) is 43.4 Å². The summed E-state index contributed by atoms with van der Waals surface area (Å²) >= 11 is 0. The molecule has 3 fully saturated rings. The zero-order valence-corrected chi connectivity index (χ0v) is 18.3. The Morgan fingerprint density at radius 3 is 2.10 bits per heavy atom. The van der Waals surface area contributed by atoms with Gasteiger partial charge in [-0.05, 0) is 62.4 Å². The molecule has 3 aliphatic rings. The van der Waals surface area contributed by atoms with Gasteiger partial charge in [-0.15, -0.1) is 0 Å². The van der Waals surface area contributed by atoms with Crippen molar-refractivity contribution in [3.63, 3.8) is 0 Å². The van der Waals surface area contributed by atoms with Crippen LogP contribution in [0.15, 0.2) is 42.6 Å². The first-order chi connectivity index (χ1) is 14.8. The molecule has 0 bridgehead atoms. The Bertz CT molecular complexity index is 783. The normalized spacial score (nSPS) is 21.7. The van der Waals surface area contributed by atoms with Gasteiger partial charge < -0.3 is 4.90 Å². The fourth-order valence-electron chi connectivity index (χ4n) is 5.11. The van der Waals surface area contributed by atoms with E-state index < -0.39 is 0 Å². The second kappa shape index (κ2) is 9.59. The number of likely N-dealkylation sites (tertiary alicyclic amines) is 1. The highest BCUT2D eigenvalue weighted by atomic mass is 15.3. The minimum atomic E-state index is 0.885. The van der Waals surface area contributed by atoms with E-state index in [0.29, 0.717) is 0 Å².